The number of methoxy groups -OCH3 is 5. The molecule has 1 heterocycles. The zero-order chi connectivity index (χ0) is 24.9. The van der Waals surface area contributed by atoms with Crippen molar-refractivity contribution in [1.29, 1.82) is 0 Å². The van der Waals surface area contributed by atoms with Crippen molar-refractivity contribution in [2.24, 2.45) is 0 Å². The third-order valence-electron chi connectivity index (χ3n) is 5.63. The molecule has 0 radical (unpaired) electrons. The van der Waals surface area contributed by atoms with E-state index in [4.69, 9.17) is 23.7 Å². The highest BCUT2D eigenvalue weighted by Crippen LogP contribution is 2.42. The molecule has 0 atom stereocenters. The number of fused-ring (bicyclic) bond motifs is 1. The monoisotopic (exact) mass is 490 g/mol. The molecular formula is C28H26O6S. The maximum atomic E-state index is 13.1. The highest BCUT2D eigenvalue weighted by Gasteiger charge is 2.20. The summed E-state index contributed by atoms with van der Waals surface area (Å²) in [7, 11) is 7.74. The Hall–Kier alpha value is -3.97. The fourth-order valence-electron chi connectivity index (χ4n) is 3.91. The Morgan fingerprint density at radius 2 is 1.46 bits per heavy atom. The second-order valence-corrected chi connectivity index (χ2v) is 8.61. The van der Waals surface area contributed by atoms with Gasteiger partial charge in [-0.1, -0.05) is 18.2 Å². The van der Waals surface area contributed by atoms with Crippen LogP contribution in [-0.4, -0.2) is 41.3 Å². The van der Waals surface area contributed by atoms with Gasteiger partial charge in [0.25, 0.3) is 0 Å². The van der Waals surface area contributed by atoms with Crippen molar-refractivity contribution in [3.8, 4) is 39.2 Å². The third-order valence-corrected chi connectivity index (χ3v) is 6.78. The van der Waals surface area contributed by atoms with Gasteiger partial charge in [0.15, 0.2) is 17.3 Å². The van der Waals surface area contributed by atoms with E-state index >= 15 is 0 Å². The van der Waals surface area contributed by atoms with Crippen LogP contribution in [0.1, 0.15) is 15.9 Å². The quantitative estimate of drug-likeness (QED) is 0.197. The van der Waals surface area contributed by atoms with E-state index in [1.54, 1.807) is 43.8 Å². The van der Waals surface area contributed by atoms with Crippen LogP contribution in [0, 0.1) is 0 Å². The molecule has 0 fully saturated rings. The van der Waals surface area contributed by atoms with Crippen molar-refractivity contribution in [3.63, 3.8) is 0 Å². The molecule has 0 saturated carbocycles. The third kappa shape index (κ3) is 4.68. The minimum atomic E-state index is -0.246. The van der Waals surface area contributed by atoms with Gasteiger partial charge in [0.2, 0.25) is 5.75 Å². The molecule has 4 aromatic rings. The van der Waals surface area contributed by atoms with E-state index in [0.717, 1.165) is 21.4 Å². The number of carbonyl (C=O) groups excluding carboxylic acids is 1. The van der Waals surface area contributed by atoms with Crippen molar-refractivity contribution < 1.29 is 28.5 Å². The van der Waals surface area contributed by atoms with Crippen LogP contribution in [-0.2, 0) is 0 Å². The van der Waals surface area contributed by atoms with Gasteiger partial charge in [-0.25, -0.2) is 0 Å². The van der Waals surface area contributed by atoms with Gasteiger partial charge in [0, 0.05) is 26.8 Å². The fraction of sp³-hybridized carbons (Fsp3) is 0.179. The highest BCUT2D eigenvalue weighted by atomic mass is 32.1. The lowest BCUT2D eigenvalue weighted by Gasteiger charge is -2.14. The minimum absolute atomic E-state index is 0.246. The van der Waals surface area contributed by atoms with Crippen molar-refractivity contribution in [3.05, 3.63) is 71.8 Å². The number of benzene rings is 3. The molecule has 0 N–H and O–H groups in total. The number of carbonyl (C=O) groups is 1. The Morgan fingerprint density at radius 1 is 0.743 bits per heavy atom. The van der Waals surface area contributed by atoms with Crippen LogP contribution in [0.3, 0.4) is 0 Å². The highest BCUT2D eigenvalue weighted by molar-refractivity contribution is 7.22. The molecule has 4 rings (SSSR count). The Labute approximate surface area is 208 Å². The van der Waals surface area contributed by atoms with Crippen molar-refractivity contribution in [1.82, 2.24) is 0 Å². The first kappa shape index (κ1) is 24.2. The molecule has 1 aromatic heterocycles. The summed E-state index contributed by atoms with van der Waals surface area (Å²) < 4.78 is 28.6. The standard InChI is InChI=1S/C28H26O6S/c1-30-22-13-11-19(27(33-4)28(22)34-5)21(29)12-10-17-14-20(24(32-3)16-23(17)31-2)26-15-18-8-6-7-9-25(18)35-26/h6-16H,1-5H3/b12-10+. The maximum Gasteiger partial charge on any atom is 0.204 e. The molecule has 7 heteroatoms. The topological polar surface area (TPSA) is 63.2 Å². The summed E-state index contributed by atoms with van der Waals surface area (Å²) in [6.07, 6.45) is 3.22. The average Bonchev–Trinajstić information content (AvgIpc) is 3.34. The minimum Gasteiger partial charge on any atom is -0.496 e. The molecule has 0 bridgehead atoms. The first-order chi connectivity index (χ1) is 17.0. The van der Waals surface area contributed by atoms with Crippen LogP contribution in [0.2, 0.25) is 0 Å². The second kappa shape index (κ2) is 10.5. The lowest BCUT2D eigenvalue weighted by molar-refractivity contribution is 0.104. The first-order valence-electron chi connectivity index (χ1n) is 10.8. The Balaban J connectivity index is 1.75. The first-order valence-corrected chi connectivity index (χ1v) is 11.6. The molecule has 0 aliphatic carbocycles. The number of thiophene rings is 1. The number of ether oxygens (including phenoxy) is 5. The molecule has 180 valence electrons. The zero-order valence-electron chi connectivity index (χ0n) is 20.2. The molecule has 0 amide bonds. The smallest absolute Gasteiger partial charge is 0.204 e. The number of hydrogen-bond donors (Lipinski definition) is 0. The predicted molar refractivity (Wildman–Crippen MR) is 140 cm³/mol. The van der Waals surface area contributed by atoms with Gasteiger partial charge in [-0.3, -0.25) is 4.79 Å². The molecule has 3 aromatic carbocycles. The largest absolute Gasteiger partial charge is 0.496 e. The fourth-order valence-corrected chi connectivity index (χ4v) is 5.00. The molecule has 0 spiro atoms. The lowest BCUT2D eigenvalue weighted by atomic mass is 10.0. The van der Waals surface area contributed by atoms with Crippen molar-refractivity contribution >= 4 is 33.3 Å². The van der Waals surface area contributed by atoms with Crippen molar-refractivity contribution in [2.75, 3.05) is 35.5 Å². The van der Waals surface area contributed by atoms with E-state index < -0.39 is 0 Å². The Bertz CT molecular complexity index is 1370. The van der Waals surface area contributed by atoms with Crippen LogP contribution in [0.25, 0.3) is 26.6 Å². The summed E-state index contributed by atoms with van der Waals surface area (Å²) in [4.78, 5) is 14.2. The van der Waals surface area contributed by atoms with E-state index in [1.807, 2.05) is 24.3 Å². The summed E-state index contributed by atoms with van der Waals surface area (Å²) in [5, 5.41) is 1.16. The number of ketones is 1. The lowest BCUT2D eigenvalue weighted by Crippen LogP contribution is -2.03. The summed E-state index contributed by atoms with van der Waals surface area (Å²) >= 11 is 1.68. The second-order valence-electron chi connectivity index (χ2n) is 7.52. The average molecular weight is 491 g/mol. The molecule has 35 heavy (non-hydrogen) atoms. The van der Waals surface area contributed by atoms with Crippen molar-refractivity contribution in [2.45, 2.75) is 0 Å². The molecular weight excluding hydrogens is 464 g/mol. The number of hydrogen-bond acceptors (Lipinski definition) is 7. The van der Waals surface area contributed by atoms with Gasteiger partial charge < -0.3 is 23.7 Å². The van der Waals surface area contributed by atoms with Crippen LogP contribution < -0.4 is 23.7 Å². The molecule has 0 saturated heterocycles. The summed E-state index contributed by atoms with van der Waals surface area (Å²) in [6.45, 7) is 0. The molecule has 0 unspecified atom stereocenters. The van der Waals surface area contributed by atoms with Crippen LogP contribution >= 0.6 is 11.3 Å². The van der Waals surface area contributed by atoms with E-state index in [0.29, 0.717) is 34.3 Å². The van der Waals surface area contributed by atoms with Crippen LogP contribution in [0.5, 0.6) is 28.7 Å². The van der Waals surface area contributed by atoms with Gasteiger partial charge in [-0.2, -0.15) is 0 Å². The summed E-state index contributed by atoms with van der Waals surface area (Å²) in [5.74, 6) is 2.20. The zero-order valence-corrected chi connectivity index (χ0v) is 21.0. The van der Waals surface area contributed by atoms with E-state index in [2.05, 4.69) is 18.2 Å². The Morgan fingerprint density at radius 3 is 2.11 bits per heavy atom. The molecule has 0 aliphatic rings. The maximum absolute atomic E-state index is 13.1. The van der Waals surface area contributed by atoms with E-state index in [9.17, 15) is 4.79 Å². The van der Waals surface area contributed by atoms with E-state index in [1.165, 1.54) is 32.1 Å². The summed E-state index contributed by atoms with van der Waals surface area (Å²) in [5.41, 5.74) is 2.03. The van der Waals surface area contributed by atoms with Gasteiger partial charge >= 0.3 is 0 Å². The van der Waals surface area contributed by atoms with Crippen LogP contribution in [0.4, 0.5) is 0 Å². The van der Waals surface area contributed by atoms with Gasteiger partial charge in [-0.05, 0) is 47.9 Å². The Kier molecular flexibility index (Phi) is 7.27. The van der Waals surface area contributed by atoms with Gasteiger partial charge in [-0.15, -0.1) is 11.3 Å². The molecule has 6 nitrogen and oxygen atoms in total. The van der Waals surface area contributed by atoms with Gasteiger partial charge in [0.1, 0.15) is 11.5 Å². The number of rotatable bonds is 9. The van der Waals surface area contributed by atoms with E-state index in [-0.39, 0.29) is 5.78 Å². The summed E-state index contributed by atoms with van der Waals surface area (Å²) in [6, 6.07) is 17.5. The van der Waals surface area contributed by atoms with Crippen LogP contribution in [0.15, 0.2) is 60.7 Å². The SMILES string of the molecule is COc1cc(OC)c(-c2cc3ccccc3s2)cc1/C=C/C(=O)c1ccc(OC)c(OC)c1OC. The number of allylic oxidation sites excluding steroid dienone is 1. The molecule has 0 aliphatic heterocycles. The van der Waals surface area contributed by atoms with Gasteiger partial charge in [0.05, 0.1) is 41.1 Å². The predicted octanol–water partition coefficient (Wildman–Crippen LogP) is 6.51. The normalized spacial score (nSPS) is 11.0.